The fourth-order valence-corrected chi connectivity index (χ4v) is 4.71. The van der Waals surface area contributed by atoms with Crippen LogP contribution in [0.3, 0.4) is 0 Å². The first-order valence-corrected chi connectivity index (χ1v) is 9.94. The molecule has 0 N–H and O–H groups in total. The molecule has 1 amide bonds. The zero-order valence-corrected chi connectivity index (χ0v) is 15.5. The van der Waals surface area contributed by atoms with Gasteiger partial charge in [0.1, 0.15) is 5.82 Å². The molecule has 26 heavy (non-hydrogen) atoms. The third-order valence-electron chi connectivity index (χ3n) is 5.03. The molecule has 0 radical (unpaired) electrons. The highest BCUT2D eigenvalue weighted by atomic mass is 32.1. The summed E-state index contributed by atoms with van der Waals surface area (Å²) in [6.45, 7) is 3.83. The molecule has 0 saturated carbocycles. The number of carbonyl (C=O) groups excluding carboxylic acids is 1. The van der Waals surface area contributed by atoms with Crippen molar-refractivity contribution in [2.75, 3.05) is 26.2 Å². The van der Waals surface area contributed by atoms with Crippen molar-refractivity contribution in [2.24, 2.45) is 0 Å². The Morgan fingerprint density at radius 1 is 1.15 bits per heavy atom. The minimum atomic E-state index is -0.247. The summed E-state index contributed by atoms with van der Waals surface area (Å²) in [4.78, 5) is 19.0. The summed E-state index contributed by atoms with van der Waals surface area (Å²) in [5, 5.41) is 0. The van der Waals surface area contributed by atoms with E-state index in [-0.39, 0.29) is 17.8 Å². The van der Waals surface area contributed by atoms with Crippen LogP contribution in [0.1, 0.15) is 34.3 Å². The van der Waals surface area contributed by atoms with Gasteiger partial charge in [0, 0.05) is 48.1 Å². The number of hydrogen-bond donors (Lipinski definition) is 0. The van der Waals surface area contributed by atoms with Crippen LogP contribution in [-0.2, 0) is 22.6 Å². The van der Waals surface area contributed by atoms with Gasteiger partial charge in [-0.05, 0) is 31.0 Å². The molecule has 0 aliphatic carbocycles. The van der Waals surface area contributed by atoms with Crippen LogP contribution in [0, 0.1) is 5.82 Å². The number of piperazine rings is 1. The summed E-state index contributed by atoms with van der Waals surface area (Å²) < 4.78 is 19.6. The van der Waals surface area contributed by atoms with Crippen LogP contribution in [-0.4, -0.2) is 41.9 Å². The lowest BCUT2D eigenvalue weighted by Gasteiger charge is -2.34. The third-order valence-corrected chi connectivity index (χ3v) is 6.19. The predicted molar refractivity (Wildman–Crippen MR) is 99.3 cm³/mol. The van der Waals surface area contributed by atoms with E-state index in [4.69, 9.17) is 4.74 Å². The van der Waals surface area contributed by atoms with Crippen LogP contribution < -0.4 is 0 Å². The van der Waals surface area contributed by atoms with E-state index in [0.29, 0.717) is 25.2 Å². The molecule has 1 atom stereocenters. The van der Waals surface area contributed by atoms with Crippen molar-refractivity contribution in [2.45, 2.75) is 32.0 Å². The average molecular weight is 374 g/mol. The van der Waals surface area contributed by atoms with Gasteiger partial charge in [0.15, 0.2) is 0 Å². The molecule has 138 valence electrons. The Balaban J connectivity index is 1.32. The van der Waals surface area contributed by atoms with Gasteiger partial charge in [0.2, 0.25) is 5.91 Å². The molecule has 2 aliphatic rings. The zero-order valence-electron chi connectivity index (χ0n) is 14.7. The number of nitrogens with zero attached hydrogens (tertiary/aromatic N) is 2. The first-order chi connectivity index (χ1) is 12.7. The topological polar surface area (TPSA) is 32.8 Å². The molecule has 2 fully saturated rings. The van der Waals surface area contributed by atoms with Crippen molar-refractivity contribution in [1.29, 1.82) is 0 Å². The number of carbonyl (C=O) groups is 1. The van der Waals surface area contributed by atoms with Crippen LogP contribution in [0.25, 0.3) is 0 Å². The Labute approximate surface area is 157 Å². The molecule has 0 bridgehead atoms. The van der Waals surface area contributed by atoms with Crippen molar-refractivity contribution in [1.82, 2.24) is 9.80 Å². The quantitative estimate of drug-likeness (QED) is 0.802. The minimum Gasteiger partial charge on any atom is -0.373 e. The fraction of sp³-hybridized carbons (Fsp3) is 0.450. The van der Waals surface area contributed by atoms with E-state index in [1.54, 1.807) is 28.4 Å². The normalized spacial score (nSPS) is 21.5. The largest absolute Gasteiger partial charge is 0.373 e. The molecule has 0 spiro atoms. The number of benzene rings is 1. The lowest BCUT2D eigenvalue weighted by molar-refractivity contribution is -0.136. The maximum absolute atomic E-state index is 13.8. The van der Waals surface area contributed by atoms with E-state index in [1.807, 2.05) is 6.07 Å². The van der Waals surface area contributed by atoms with Crippen molar-refractivity contribution < 1.29 is 13.9 Å². The number of amides is 1. The molecule has 0 unspecified atom stereocenters. The Hall–Kier alpha value is -1.76. The Morgan fingerprint density at radius 3 is 2.81 bits per heavy atom. The van der Waals surface area contributed by atoms with Gasteiger partial charge in [-0.2, -0.15) is 0 Å². The van der Waals surface area contributed by atoms with Crippen LogP contribution in [0.15, 0.2) is 36.4 Å². The van der Waals surface area contributed by atoms with E-state index in [9.17, 15) is 9.18 Å². The van der Waals surface area contributed by atoms with E-state index < -0.39 is 0 Å². The molecule has 2 aromatic rings. The average Bonchev–Trinajstić information content (AvgIpc) is 3.30. The van der Waals surface area contributed by atoms with Gasteiger partial charge >= 0.3 is 0 Å². The predicted octanol–water partition coefficient (Wildman–Crippen LogP) is 3.58. The highest BCUT2D eigenvalue weighted by Gasteiger charge is 2.25. The summed E-state index contributed by atoms with van der Waals surface area (Å²) in [5.41, 5.74) is 0.578. The van der Waals surface area contributed by atoms with Gasteiger partial charge in [-0.1, -0.05) is 18.2 Å². The van der Waals surface area contributed by atoms with Crippen LogP contribution >= 0.6 is 11.3 Å². The molecule has 2 aliphatic heterocycles. The SMILES string of the molecule is O=C1CN(Cc2ccc([C@@H]3CCCO3)s2)CCN1Cc1ccccc1F. The second kappa shape index (κ2) is 7.86. The molecule has 1 aromatic carbocycles. The molecule has 4 rings (SSSR count). The van der Waals surface area contributed by atoms with Crippen LogP contribution in [0.4, 0.5) is 4.39 Å². The van der Waals surface area contributed by atoms with Crippen molar-refractivity contribution in [3.8, 4) is 0 Å². The molecule has 4 nitrogen and oxygen atoms in total. The number of ether oxygens (including phenoxy) is 1. The van der Waals surface area contributed by atoms with Crippen LogP contribution in [0.5, 0.6) is 0 Å². The number of rotatable bonds is 5. The van der Waals surface area contributed by atoms with Crippen molar-refractivity contribution >= 4 is 17.2 Å². The van der Waals surface area contributed by atoms with Gasteiger partial charge < -0.3 is 9.64 Å². The Morgan fingerprint density at radius 2 is 2.04 bits per heavy atom. The van der Waals surface area contributed by atoms with Crippen LogP contribution in [0.2, 0.25) is 0 Å². The van der Waals surface area contributed by atoms with E-state index in [2.05, 4.69) is 17.0 Å². The second-order valence-corrected chi connectivity index (χ2v) is 8.12. The minimum absolute atomic E-state index is 0.0652. The third kappa shape index (κ3) is 3.98. The molecule has 2 saturated heterocycles. The molecule has 3 heterocycles. The van der Waals surface area contributed by atoms with Gasteiger partial charge in [0.25, 0.3) is 0 Å². The van der Waals surface area contributed by atoms with E-state index in [1.165, 1.54) is 15.8 Å². The highest BCUT2D eigenvalue weighted by Crippen LogP contribution is 2.33. The first-order valence-electron chi connectivity index (χ1n) is 9.13. The molecular formula is C20H23FN2O2S. The van der Waals surface area contributed by atoms with E-state index in [0.717, 1.165) is 32.5 Å². The summed E-state index contributed by atoms with van der Waals surface area (Å²) in [7, 11) is 0. The number of halogens is 1. The summed E-state index contributed by atoms with van der Waals surface area (Å²) in [6, 6.07) is 11.0. The Bertz CT molecular complexity index is 773. The number of hydrogen-bond acceptors (Lipinski definition) is 4. The fourth-order valence-electron chi connectivity index (χ4n) is 3.57. The summed E-state index contributed by atoms with van der Waals surface area (Å²) in [6.07, 6.45) is 2.50. The lowest BCUT2D eigenvalue weighted by Crippen LogP contribution is -2.49. The standard InChI is InChI=1S/C20H23FN2O2S/c21-17-5-2-1-4-15(17)12-23-10-9-22(14-20(23)24)13-16-7-8-19(26-16)18-6-3-11-25-18/h1-2,4-5,7-8,18H,3,6,9-14H2/t18-/m0/s1. The molecular weight excluding hydrogens is 351 g/mol. The lowest BCUT2D eigenvalue weighted by atomic mass is 10.2. The van der Waals surface area contributed by atoms with Gasteiger partial charge in [-0.25, -0.2) is 4.39 Å². The first kappa shape index (κ1) is 17.6. The Kier molecular flexibility index (Phi) is 5.33. The number of thiophene rings is 1. The maximum Gasteiger partial charge on any atom is 0.237 e. The van der Waals surface area contributed by atoms with Crippen molar-refractivity contribution in [3.05, 3.63) is 57.5 Å². The molecule has 1 aromatic heterocycles. The smallest absolute Gasteiger partial charge is 0.237 e. The van der Waals surface area contributed by atoms with Gasteiger partial charge in [-0.3, -0.25) is 9.69 Å². The van der Waals surface area contributed by atoms with Gasteiger partial charge in [-0.15, -0.1) is 11.3 Å². The maximum atomic E-state index is 13.8. The van der Waals surface area contributed by atoms with E-state index >= 15 is 0 Å². The zero-order chi connectivity index (χ0) is 17.9. The summed E-state index contributed by atoms with van der Waals surface area (Å²) >= 11 is 1.79. The second-order valence-electron chi connectivity index (χ2n) is 6.92. The monoisotopic (exact) mass is 374 g/mol. The highest BCUT2D eigenvalue weighted by molar-refractivity contribution is 7.12. The van der Waals surface area contributed by atoms with Gasteiger partial charge in [0.05, 0.1) is 12.6 Å². The summed E-state index contributed by atoms with van der Waals surface area (Å²) in [5.74, 6) is -0.182. The van der Waals surface area contributed by atoms with Crippen molar-refractivity contribution in [3.63, 3.8) is 0 Å². The molecule has 6 heteroatoms.